The van der Waals surface area contributed by atoms with Crippen LogP contribution in [0.1, 0.15) is 12.6 Å². The molecule has 1 aromatic rings. The zero-order valence-corrected chi connectivity index (χ0v) is 8.27. The Labute approximate surface area is 83.3 Å². The number of hydrogen-bond donors (Lipinski definition) is 1. The molecule has 0 saturated carbocycles. The van der Waals surface area contributed by atoms with Gasteiger partial charge in [-0.25, -0.2) is 4.98 Å². The molecule has 14 heavy (non-hydrogen) atoms. The zero-order chi connectivity index (χ0) is 10.2. The molecular weight excluding hydrogens is 182 g/mol. The van der Waals surface area contributed by atoms with E-state index < -0.39 is 0 Å². The van der Waals surface area contributed by atoms with Crippen molar-refractivity contribution >= 4 is 0 Å². The Morgan fingerprint density at radius 2 is 2.29 bits per heavy atom. The highest BCUT2D eigenvalue weighted by atomic mass is 16.5. The van der Waals surface area contributed by atoms with Crippen LogP contribution in [-0.2, 0) is 11.3 Å². The number of ether oxygens (including phenoxy) is 2. The van der Waals surface area contributed by atoms with Crippen molar-refractivity contribution in [1.82, 2.24) is 9.97 Å². The fraction of sp³-hybridized carbons (Fsp3) is 0.556. The minimum Gasteiger partial charge on any atom is -0.461 e. The molecule has 1 heterocycles. The second-order valence-corrected chi connectivity index (χ2v) is 2.58. The summed E-state index contributed by atoms with van der Waals surface area (Å²) in [7, 11) is 0. The monoisotopic (exact) mass is 197 g/mol. The van der Waals surface area contributed by atoms with Crippen LogP contribution in [0.2, 0.25) is 0 Å². The Hall–Kier alpha value is -1.20. The predicted molar refractivity (Wildman–Crippen MR) is 51.9 cm³/mol. The fourth-order valence-electron chi connectivity index (χ4n) is 0.895. The van der Waals surface area contributed by atoms with Crippen molar-refractivity contribution in [3.8, 4) is 6.01 Å². The number of nitrogens with two attached hydrogens (primary N) is 1. The third kappa shape index (κ3) is 3.68. The Morgan fingerprint density at radius 1 is 1.43 bits per heavy atom. The highest BCUT2D eigenvalue weighted by molar-refractivity contribution is 5.04. The normalized spacial score (nSPS) is 10.1. The molecule has 0 aliphatic rings. The van der Waals surface area contributed by atoms with E-state index in [2.05, 4.69) is 9.97 Å². The van der Waals surface area contributed by atoms with Crippen LogP contribution < -0.4 is 10.5 Å². The first-order chi connectivity index (χ1) is 6.86. The molecule has 5 nitrogen and oxygen atoms in total. The average molecular weight is 197 g/mol. The minimum atomic E-state index is 0.354. The van der Waals surface area contributed by atoms with Gasteiger partial charge in [0.2, 0.25) is 0 Å². The van der Waals surface area contributed by atoms with Crippen molar-refractivity contribution in [2.75, 3.05) is 19.8 Å². The maximum absolute atomic E-state index is 5.42. The molecule has 0 amide bonds. The van der Waals surface area contributed by atoms with Gasteiger partial charge >= 0.3 is 6.01 Å². The van der Waals surface area contributed by atoms with E-state index in [0.29, 0.717) is 32.4 Å². The summed E-state index contributed by atoms with van der Waals surface area (Å²) >= 11 is 0. The number of hydrogen-bond acceptors (Lipinski definition) is 5. The SMILES string of the molecule is CCOCCOc1nccc(CN)n1. The van der Waals surface area contributed by atoms with Gasteiger partial charge in [0.1, 0.15) is 6.61 Å². The number of rotatable bonds is 6. The lowest BCUT2D eigenvalue weighted by molar-refractivity contribution is 0.106. The smallest absolute Gasteiger partial charge is 0.316 e. The van der Waals surface area contributed by atoms with Crippen LogP contribution in [0.15, 0.2) is 12.3 Å². The number of aromatic nitrogens is 2. The molecule has 78 valence electrons. The summed E-state index contributed by atoms with van der Waals surface area (Å²) in [5.74, 6) is 0. The molecule has 5 heteroatoms. The molecule has 0 aromatic carbocycles. The molecule has 1 rings (SSSR count). The predicted octanol–water partition coefficient (Wildman–Crippen LogP) is 0.351. The maximum atomic E-state index is 5.42. The van der Waals surface area contributed by atoms with Gasteiger partial charge in [0.25, 0.3) is 0 Å². The van der Waals surface area contributed by atoms with Crippen LogP contribution in [0, 0.1) is 0 Å². The van der Waals surface area contributed by atoms with Gasteiger partial charge < -0.3 is 15.2 Å². The largest absolute Gasteiger partial charge is 0.461 e. The van der Waals surface area contributed by atoms with E-state index in [4.69, 9.17) is 15.2 Å². The van der Waals surface area contributed by atoms with Crippen LogP contribution in [0.25, 0.3) is 0 Å². The summed E-state index contributed by atoms with van der Waals surface area (Å²) in [6.07, 6.45) is 1.63. The van der Waals surface area contributed by atoms with E-state index in [1.165, 1.54) is 0 Å². The first-order valence-electron chi connectivity index (χ1n) is 4.59. The maximum Gasteiger partial charge on any atom is 0.316 e. The van der Waals surface area contributed by atoms with Gasteiger partial charge in [-0.1, -0.05) is 0 Å². The Balaban J connectivity index is 2.34. The van der Waals surface area contributed by atoms with Crippen LogP contribution in [-0.4, -0.2) is 29.8 Å². The molecule has 0 aliphatic heterocycles. The van der Waals surface area contributed by atoms with Crippen molar-refractivity contribution in [3.05, 3.63) is 18.0 Å². The molecule has 0 unspecified atom stereocenters. The van der Waals surface area contributed by atoms with E-state index in [1.54, 1.807) is 12.3 Å². The van der Waals surface area contributed by atoms with E-state index in [1.807, 2.05) is 6.92 Å². The van der Waals surface area contributed by atoms with Gasteiger partial charge in [-0.05, 0) is 13.0 Å². The lowest BCUT2D eigenvalue weighted by atomic mass is 10.4. The van der Waals surface area contributed by atoms with E-state index in [9.17, 15) is 0 Å². The fourth-order valence-corrected chi connectivity index (χ4v) is 0.895. The third-order valence-corrected chi connectivity index (χ3v) is 1.56. The Morgan fingerprint density at radius 3 is 3.00 bits per heavy atom. The average Bonchev–Trinajstić information content (AvgIpc) is 2.25. The summed E-state index contributed by atoms with van der Waals surface area (Å²) in [5, 5.41) is 0. The zero-order valence-electron chi connectivity index (χ0n) is 8.27. The second-order valence-electron chi connectivity index (χ2n) is 2.58. The molecule has 0 spiro atoms. The van der Waals surface area contributed by atoms with Crippen LogP contribution in [0.3, 0.4) is 0 Å². The highest BCUT2D eigenvalue weighted by Crippen LogP contribution is 2.01. The van der Waals surface area contributed by atoms with Crippen LogP contribution >= 0.6 is 0 Å². The van der Waals surface area contributed by atoms with Crippen molar-refractivity contribution in [1.29, 1.82) is 0 Å². The molecule has 0 fully saturated rings. The molecule has 0 radical (unpaired) electrons. The third-order valence-electron chi connectivity index (χ3n) is 1.56. The molecule has 0 atom stereocenters. The van der Waals surface area contributed by atoms with Gasteiger partial charge in [0.05, 0.1) is 12.3 Å². The molecule has 0 saturated heterocycles. The van der Waals surface area contributed by atoms with E-state index in [0.717, 1.165) is 5.69 Å². The molecule has 0 aliphatic carbocycles. The summed E-state index contributed by atoms with van der Waals surface area (Å²) in [6.45, 7) is 4.03. The topological polar surface area (TPSA) is 70.3 Å². The summed E-state index contributed by atoms with van der Waals surface area (Å²) < 4.78 is 10.4. The van der Waals surface area contributed by atoms with Crippen LogP contribution in [0.4, 0.5) is 0 Å². The highest BCUT2D eigenvalue weighted by Gasteiger charge is 1.98. The van der Waals surface area contributed by atoms with Crippen molar-refractivity contribution in [2.24, 2.45) is 5.73 Å². The molecule has 0 bridgehead atoms. The van der Waals surface area contributed by atoms with E-state index in [-0.39, 0.29) is 0 Å². The summed E-state index contributed by atoms with van der Waals surface area (Å²) in [5.41, 5.74) is 6.19. The molecule has 2 N–H and O–H groups in total. The van der Waals surface area contributed by atoms with E-state index >= 15 is 0 Å². The van der Waals surface area contributed by atoms with Crippen LogP contribution in [0.5, 0.6) is 6.01 Å². The van der Waals surface area contributed by atoms with Gasteiger partial charge in [0.15, 0.2) is 0 Å². The summed E-state index contributed by atoms with van der Waals surface area (Å²) in [6, 6.07) is 2.11. The standard InChI is InChI=1S/C9H15N3O2/c1-2-13-5-6-14-9-11-4-3-8(7-10)12-9/h3-4H,2,5-7,10H2,1H3. The first kappa shape index (κ1) is 10.9. The lowest BCUT2D eigenvalue weighted by Crippen LogP contribution is -2.09. The number of nitrogens with zero attached hydrogens (tertiary/aromatic N) is 2. The van der Waals surface area contributed by atoms with Crippen molar-refractivity contribution in [2.45, 2.75) is 13.5 Å². The second kappa shape index (κ2) is 6.28. The van der Waals surface area contributed by atoms with Gasteiger partial charge in [0, 0.05) is 19.3 Å². The minimum absolute atomic E-state index is 0.354. The van der Waals surface area contributed by atoms with Gasteiger partial charge in [-0.3, -0.25) is 0 Å². The van der Waals surface area contributed by atoms with Gasteiger partial charge in [-0.15, -0.1) is 0 Å². The van der Waals surface area contributed by atoms with Crippen molar-refractivity contribution in [3.63, 3.8) is 0 Å². The molecule has 1 aromatic heterocycles. The lowest BCUT2D eigenvalue weighted by Gasteiger charge is -2.04. The quantitative estimate of drug-likeness (QED) is 0.666. The van der Waals surface area contributed by atoms with Crippen molar-refractivity contribution < 1.29 is 9.47 Å². The summed E-state index contributed by atoms with van der Waals surface area (Å²) in [4.78, 5) is 8.02. The Bertz CT molecular complexity index is 268. The first-order valence-corrected chi connectivity index (χ1v) is 4.59. The van der Waals surface area contributed by atoms with Gasteiger partial charge in [-0.2, -0.15) is 4.98 Å². The molecular formula is C9H15N3O2. The Kier molecular flexibility index (Phi) is 4.88.